The van der Waals surface area contributed by atoms with Gasteiger partial charge in [0.2, 0.25) is 0 Å². The van der Waals surface area contributed by atoms with Crippen LogP contribution >= 0.6 is 0 Å². The van der Waals surface area contributed by atoms with E-state index in [4.69, 9.17) is 0 Å². The highest BCUT2D eigenvalue weighted by Gasteiger charge is 2.39. The highest BCUT2D eigenvalue weighted by Crippen LogP contribution is 2.44. The largest absolute Gasteiger partial charge is 0.361 e. The van der Waals surface area contributed by atoms with Crippen LogP contribution in [0.3, 0.4) is 0 Å². The number of H-pyrrole nitrogens is 1. The minimum absolute atomic E-state index is 0.561. The summed E-state index contributed by atoms with van der Waals surface area (Å²) in [6.07, 6.45) is 6.05. The van der Waals surface area contributed by atoms with Crippen molar-refractivity contribution in [3.8, 4) is 0 Å². The van der Waals surface area contributed by atoms with Gasteiger partial charge in [-0.1, -0.05) is 12.1 Å². The quantitative estimate of drug-likeness (QED) is 0.784. The van der Waals surface area contributed by atoms with Gasteiger partial charge in [0.05, 0.1) is 6.54 Å². The molecule has 6 heteroatoms. The molecule has 23 heavy (non-hydrogen) atoms. The Hall–Kier alpha value is -2.21. The van der Waals surface area contributed by atoms with Gasteiger partial charge in [-0.25, -0.2) is 0 Å². The number of aromatic amines is 1. The van der Waals surface area contributed by atoms with Gasteiger partial charge in [-0.3, -0.25) is 0 Å². The topological polar surface area (TPSA) is 62.6 Å². The maximum atomic E-state index is 4.18. The van der Waals surface area contributed by atoms with Crippen molar-refractivity contribution in [2.24, 2.45) is 5.92 Å². The molecule has 5 rings (SSSR count). The number of likely N-dealkylation sites (N-methyl/N-ethyl adjacent to an activating group) is 1. The summed E-state index contributed by atoms with van der Waals surface area (Å²) in [7, 11) is 2.26. The maximum Gasteiger partial charge on any atom is 0.162 e. The molecule has 0 amide bonds. The predicted molar refractivity (Wildman–Crippen MR) is 87.1 cm³/mol. The van der Waals surface area contributed by atoms with Gasteiger partial charge in [0.25, 0.3) is 0 Å². The van der Waals surface area contributed by atoms with Gasteiger partial charge in [0, 0.05) is 35.6 Å². The monoisotopic (exact) mass is 308 g/mol. The molecule has 3 heterocycles. The summed E-state index contributed by atoms with van der Waals surface area (Å²) in [5.74, 6) is 1.15. The molecular formula is C17H20N6. The normalized spacial score (nSPS) is 27.3. The van der Waals surface area contributed by atoms with E-state index in [1.807, 2.05) is 0 Å². The van der Waals surface area contributed by atoms with Gasteiger partial charge < -0.3 is 9.88 Å². The summed E-state index contributed by atoms with van der Waals surface area (Å²) in [5.41, 5.74) is 4.26. The van der Waals surface area contributed by atoms with E-state index in [1.54, 1.807) is 4.80 Å². The second-order valence-corrected chi connectivity index (χ2v) is 6.99. The van der Waals surface area contributed by atoms with Gasteiger partial charge in [-0.2, -0.15) is 4.80 Å². The molecule has 1 aliphatic heterocycles. The van der Waals surface area contributed by atoms with Crippen molar-refractivity contribution in [2.45, 2.75) is 31.3 Å². The van der Waals surface area contributed by atoms with Crippen LogP contribution in [0.2, 0.25) is 0 Å². The lowest BCUT2D eigenvalue weighted by Crippen LogP contribution is -2.48. The lowest BCUT2D eigenvalue weighted by molar-refractivity contribution is 0.0989. The van der Waals surface area contributed by atoms with E-state index in [1.165, 1.54) is 34.8 Å². The molecule has 0 spiro atoms. The molecule has 0 unspecified atom stereocenters. The van der Waals surface area contributed by atoms with E-state index in [-0.39, 0.29) is 0 Å². The van der Waals surface area contributed by atoms with E-state index in [9.17, 15) is 0 Å². The third kappa shape index (κ3) is 2.01. The number of piperidine rings is 1. The minimum atomic E-state index is 0.561. The molecule has 1 fully saturated rings. The van der Waals surface area contributed by atoms with Crippen LogP contribution in [0.25, 0.3) is 10.9 Å². The van der Waals surface area contributed by atoms with Crippen molar-refractivity contribution >= 4 is 10.9 Å². The van der Waals surface area contributed by atoms with E-state index < -0.39 is 0 Å². The average molecular weight is 308 g/mol. The third-order valence-electron chi connectivity index (χ3n) is 5.63. The molecule has 2 aliphatic rings. The Bertz CT molecular complexity index is 836. The molecule has 118 valence electrons. The Morgan fingerprint density at radius 2 is 2.30 bits per heavy atom. The van der Waals surface area contributed by atoms with E-state index in [0.717, 1.165) is 19.5 Å². The van der Waals surface area contributed by atoms with Gasteiger partial charge >= 0.3 is 0 Å². The standard InChI is InChI=1S/C17H20N6/c1-22-8-11(9-23-20-10-19-21-23)5-14-13-3-2-4-15-17(13)12(7-18-15)6-16(14)22/h2-4,7,10-11,14,16,18H,5-6,8-9H2,1H3/t11-,14+,16+/m0/s1. The molecule has 6 nitrogen and oxygen atoms in total. The van der Waals surface area contributed by atoms with Gasteiger partial charge in [0.1, 0.15) is 0 Å². The van der Waals surface area contributed by atoms with Crippen LogP contribution < -0.4 is 0 Å². The zero-order chi connectivity index (χ0) is 15.4. The first kappa shape index (κ1) is 13.2. The van der Waals surface area contributed by atoms with Crippen molar-refractivity contribution < 1.29 is 0 Å². The van der Waals surface area contributed by atoms with Crippen LogP contribution in [-0.4, -0.2) is 49.7 Å². The Kier molecular flexibility index (Phi) is 2.82. The SMILES string of the molecule is CN1C[C@@H](Cn2ncnn2)C[C@@H]2c3cccc4[nH]cc(c34)C[C@H]21. The molecule has 1 saturated heterocycles. The Morgan fingerprint density at radius 1 is 1.35 bits per heavy atom. The Balaban J connectivity index is 1.52. The number of likely N-dealkylation sites (tertiary alicyclic amines) is 1. The zero-order valence-corrected chi connectivity index (χ0v) is 13.2. The number of hydrogen-bond donors (Lipinski definition) is 1. The van der Waals surface area contributed by atoms with Crippen molar-refractivity contribution in [1.29, 1.82) is 0 Å². The summed E-state index contributed by atoms with van der Waals surface area (Å²) >= 11 is 0. The molecule has 1 aromatic carbocycles. The maximum absolute atomic E-state index is 4.18. The predicted octanol–water partition coefficient (Wildman–Crippen LogP) is 1.81. The fourth-order valence-corrected chi connectivity index (χ4v) is 4.69. The lowest BCUT2D eigenvalue weighted by Gasteiger charge is -2.45. The van der Waals surface area contributed by atoms with Gasteiger partial charge in [-0.15, -0.1) is 10.2 Å². The van der Waals surface area contributed by atoms with Gasteiger partial charge in [0.15, 0.2) is 6.33 Å². The third-order valence-corrected chi connectivity index (χ3v) is 5.63. The fourth-order valence-electron chi connectivity index (χ4n) is 4.69. The number of nitrogens with zero attached hydrogens (tertiary/aromatic N) is 5. The van der Waals surface area contributed by atoms with Crippen molar-refractivity contribution in [3.05, 3.63) is 41.9 Å². The van der Waals surface area contributed by atoms with Crippen LogP contribution in [-0.2, 0) is 13.0 Å². The summed E-state index contributed by atoms with van der Waals surface area (Å²) in [4.78, 5) is 7.70. The number of hydrogen-bond acceptors (Lipinski definition) is 4. The number of rotatable bonds is 2. The Morgan fingerprint density at radius 3 is 3.17 bits per heavy atom. The van der Waals surface area contributed by atoms with Gasteiger partial charge in [-0.05, 0) is 48.2 Å². The van der Waals surface area contributed by atoms with E-state index >= 15 is 0 Å². The molecule has 0 bridgehead atoms. The summed E-state index contributed by atoms with van der Waals surface area (Å²) in [6, 6.07) is 7.29. The van der Waals surface area contributed by atoms with Crippen LogP contribution in [0.4, 0.5) is 0 Å². The smallest absolute Gasteiger partial charge is 0.162 e. The molecular weight excluding hydrogens is 288 g/mol. The number of nitrogens with one attached hydrogen (secondary N) is 1. The molecule has 0 radical (unpaired) electrons. The Labute approximate surface area is 134 Å². The van der Waals surface area contributed by atoms with E-state index in [0.29, 0.717) is 17.9 Å². The fraction of sp³-hybridized carbons (Fsp3) is 0.471. The van der Waals surface area contributed by atoms with E-state index in [2.05, 4.69) is 56.7 Å². The van der Waals surface area contributed by atoms with Crippen molar-refractivity contribution in [2.75, 3.05) is 13.6 Å². The molecule has 3 aromatic rings. The number of benzene rings is 1. The number of fused-ring (bicyclic) bond motifs is 2. The first-order valence-electron chi connectivity index (χ1n) is 8.29. The first-order valence-corrected chi connectivity index (χ1v) is 8.29. The molecule has 3 atom stereocenters. The van der Waals surface area contributed by atoms with Crippen LogP contribution in [0, 0.1) is 5.92 Å². The molecule has 1 aliphatic carbocycles. The minimum Gasteiger partial charge on any atom is -0.361 e. The molecule has 2 aromatic heterocycles. The van der Waals surface area contributed by atoms with Crippen LogP contribution in [0.5, 0.6) is 0 Å². The molecule has 1 N–H and O–H groups in total. The number of tetrazole rings is 1. The summed E-state index contributed by atoms with van der Waals surface area (Å²) in [5, 5.41) is 13.5. The highest BCUT2D eigenvalue weighted by molar-refractivity contribution is 5.88. The second kappa shape index (κ2) is 4.89. The first-order chi connectivity index (χ1) is 11.3. The van der Waals surface area contributed by atoms with Crippen LogP contribution in [0.15, 0.2) is 30.7 Å². The summed E-state index contributed by atoms with van der Waals surface area (Å²) in [6.45, 7) is 1.95. The lowest BCUT2D eigenvalue weighted by atomic mass is 9.72. The second-order valence-electron chi connectivity index (χ2n) is 6.99. The number of aromatic nitrogens is 5. The average Bonchev–Trinajstić information content (AvgIpc) is 3.20. The van der Waals surface area contributed by atoms with Crippen LogP contribution in [0.1, 0.15) is 23.5 Å². The highest BCUT2D eigenvalue weighted by atomic mass is 15.6. The molecule has 0 saturated carbocycles. The summed E-state index contributed by atoms with van der Waals surface area (Å²) < 4.78 is 0. The van der Waals surface area contributed by atoms with Crippen molar-refractivity contribution in [3.63, 3.8) is 0 Å². The van der Waals surface area contributed by atoms with Crippen molar-refractivity contribution in [1.82, 2.24) is 30.1 Å². The zero-order valence-electron chi connectivity index (χ0n) is 13.2.